The topological polar surface area (TPSA) is 41.8 Å². The van der Waals surface area contributed by atoms with E-state index in [1.807, 2.05) is 0 Å². The molecule has 0 aromatic heterocycles. The largest absolute Gasteiger partial charge is 0.280 e. The number of rotatable bonds is 0. The second kappa shape index (κ2) is 2.48. The Labute approximate surface area is 68.0 Å². The molecule has 0 saturated heterocycles. The molecule has 1 aliphatic heterocycles. The van der Waals surface area contributed by atoms with E-state index in [0.717, 1.165) is 0 Å². The molecular weight excluding hydrogens is 159 g/mol. The van der Waals surface area contributed by atoms with E-state index in [1.165, 1.54) is 18.5 Å². The zero-order valence-electron chi connectivity index (χ0n) is 6.12. The highest BCUT2D eigenvalue weighted by Gasteiger charge is 2.20. The smallest absolute Gasteiger partial charge is 0.267 e. The first-order valence-corrected chi connectivity index (χ1v) is 3.48. The van der Waals surface area contributed by atoms with E-state index in [0.29, 0.717) is 12.1 Å². The van der Waals surface area contributed by atoms with Gasteiger partial charge in [-0.3, -0.25) is 4.79 Å². The number of fused-ring (bicyclic) bond motifs is 1. The van der Waals surface area contributed by atoms with Crippen LogP contribution in [-0.2, 0) is 4.79 Å². The van der Waals surface area contributed by atoms with Crippen LogP contribution < -0.4 is 0 Å². The van der Waals surface area contributed by atoms with Crippen LogP contribution in [0.1, 0.15) is 6.42 Å². The molecule has 0 bridgehead atoms. The van der Waals surface area contributed by atoms with Gasteiger partial charge in [-0.25, -0.2) is 9.38 Å². The van der Waals surface area contributed by atoms with E-state index >= 15 is 0 Å². The molecule has 2 aliphatic rings. The Morgan fingerprint density at radius 1 is 1.50 bits per heavy atom. The molecular formula is C8H5FN2O. The van der Waals surface area contributed by atoms with Gasteiger partial charge in [-0.1, -0.05) is 0 Å². The summed E-state index contributed by atoms with van der Waals surface area (Å²) in [7, 11) is 0. The summed E-state index contributed by atoms with van der Waals surface area (Å²) in [4.78, 5) is 18.3. The highest BCUT2D eigenvalue weighted by Crippen LogP contribution is 2.18. The van der Waals surface area contributed by atoms with Gasteiger partial charge in [-0.05, 0) is 12.2 Å². The van der Waals surface area contributed by atoms with Crippen LogP contribution in [-0.4, -0.2) is 18.0 Å². The molecule has 0 aromatic rings. The monoisotopic (exact) mass is 164 g/mol. The maximum Gasteiger partial charge on any atom is 0.280 e. The van der Waals surface area contributed by atoms with E-state index < -0.39 is 11.7 Å². The van der Waals surface area contributed by atoms with Crippen LogP contribution in [0.15, 0.2) is 33.5 Å². The normalized spacial score (nSPS) is 21.1. The van der Waals surface area contributed by atoms with Gasteiger partial charge in [0, 0.05) is 6.42 Å². The summed E-state index contributed by atoms with van der Waals surface area (Å²) in [5, 5.41) is 0. The number of aliphatic imine (C=N–C) groups is 2. The molecule has 2 rings (SSSR count). The maximum absolute atomic E-state index is 12.7. The van der Waals surface area contributed by atoms with Crippen LogP contribution >= 0.6 is 0 Å². The third kappa shape index (κ3) is 1.01. The van der Waals surface area contributed by atoms with Crippen molar-refractivity contribution >= 4 is 18.0 Å². The average molecular weight is 164 g/mol. The number of hydrogen-bond donors (Lipinski definition) is 0. The Balaban J connectivity index is 2.47. The zero-order valence-corrected chi connectivity index (χ0v) is 6.12. The molecule has 1 heterocycles. The summed E-state index contributed by atoms with van der Waals surface area (Å²) in [5.41, 5.74) is 0.869. The fourth-order valence-corrected chi connectivity index (χ4v) is 1.11. The van der Waals surface area contributed by atoms with Crippen LogP contribution in [0.5, 0.6) is 0 Å². The van der Waals surface area contributed by atoms with Gasteiger partial charge >= 0.3 is 0 Å². The van der Waals surface area contributed by atoms with Gasteiger partial charge in [0.2, 0.25) is 0 Å². The number of carbonyl (C=O) groups excluding carboxylic acids is 1. The highest BCUT2D eigenvalue weighted by atomic mass is 19.1. The molecule has 0 saturated carbocycles. The lowest BCUT2D eigenvalue weighted by atomic mass is 10.0. The van der Waals surface area contributed by atoms with Crippen LogP contribution in [0.4, 0.5) is 4.39 Å². The molecule has 0 spiro atoms. The fraction of sp³-hybridized carbons (Fsp3) is 0.125. The van der Waals surface area contributed by atoms with Gasteiger partial charge < -0.3 is 0 Å². The van der Waals surface area contributed by atoms with Crippen LogP contribution in [0.3, 0.4) is 0 Å². The lowest BCUT2D eigenvalue weighted by Crippen LogP contribution is -2.17. The number of hydrogen-bond acceptors (Lipinski definition) is 2. The van der Waals surface area contributed by atoms with Crippen molar-refractivity contribution in [2.45, 2.75) is 6.42 Å². The Bertz CT molecular complexity index is 363. The van der Waals surface area contributed by atoms with Crippen molar-refractivity contribution < 1.29 is 9.18 Å². The van der Waals surface area contributed by atoms with Crippen molar-refractivity contribution in [1.82, 2.24) is 0 Å². The van der Waals surface area contributed by atoms with E-state index in [-0.39, 0.29) is 5.57 Å². The molecule has 0 fully saturated rings. The predicted octanol–water partition coefficient (Wildman–Crippen LogP) is 1.18. The number of carbonyl (C=O) groups is 1. The van der Waals surface area contributed by atoms with Crippen molar-refractivity contribution in [2.24, 2.45) is 9.98 Å². The van der Waals surface area contributed by atoms with Crippen molar-refractivity contribution in [3.8, 4) is 0 Å². The van der Waals surface area contributed by atoms with E-state index in [9.17, 15) is 9.18 Å². The van der Waals surface area contributed by atoms with Gasteiger partial charge in [-0.15, -0.1) is 0 Å². The quantitative estimate of drug-likeness (QED) is 0.530. The van der Waals surface area contributed by atoms with Crippen LogP contribution in [0.25, 0.3) is 0 Å². The molecule has 12 heavy (non-hydrogen) atoms. The van der Waals surface area contributed by atoms with Crippen molar-refractivity contribution in [2.75, 3.05) is 0 Å². The Morgan fingerprint density at radius 3 is 3.17 bits per heavy atom. The minimum absolute atomic E-state index is 0.275. The summed E-state index contributed by atoms with van der Waals surface area (Å²) in [5.74, 6) is -0.808. The summed E-state index contributed by atoms with van der Waals surface area (Å²) >= 11 is 0. The number of amides is 1. The zero-order chi connectivity index (χ0) is 8.55. The molecule has 1 aliphatic carbocycles. The molecule has 0 atom stereocenters. The molecule has 3 nitrogen and oxygen atoms in total. The van der Waals surface area contributed by atoms with Crippen molar-refractivity contribution in [3.63, 3.8) is 0 Å². The second-order valence-electron chi connectivity index (χ2n) is 2.48. The molecule has 0 N–H and O–H groups in total. The molecule has 0 unspecified atom stereocenters. The predicted molar refractivity (Wildman–Crippen MR) is 42.8 cm³/mol. The molecule has 60 valence electrons. The first kappa shape index (κ1) is 7.09. The molecule has 0 radical (unpaired) electrons. The van der Waals surface area contributed by atoms with Crippen LogP contribution in [0.2, 0.25) is 0 Å². The third-order valence-electron chi connectivity index (χ3n) is 1.70. The molecule has 0 aromatic carbocycles. The number of nitrogens with zero attached hydrogens (tertiary/aromatic N) is 2. The Kier molecular flexibility index (Phi) is 1.46. The molecule has 1 amide bonds. The number of halogens is 1. The minimum atomic E-state index is -0.414. The van der Waals surface area contributed by atoms with Crippen LogP contribution in [0, 0.1) is 0 Å². The third-order valence-corrected chi connectivity index (χ3v) is 1.70. The summed E-state index contributed by atoms with van der Waals surface area (Å²) < 4.78 is 12.7. The van der Waals surface area contributed by atoms with Gasteiger partial charge in [0.15, 0.2) is 0 Å². The lowest BCUT2D eigenvalue weighted by molar-refractivity contribution is -0.113. The first-order chi connectivity index (χ1) is 5.77. The lowest BCUT2D eigenvalue weighted by Gasteiger charge is -2.11. The van der Waals surface area contributed by atoms with Gasteiger partial charge in [0.05, 0.1) is 11.3 Å². The summed E-state index contributed by atoms with van der Waals surface area (Å²) in [6.45, 7) is 0. The average Bonchev–Trinajstić information content (AvgIpc) is 2.07. The highest BCUT2D eigenvalue weighted by molar-refractivity contribution is 6.27. The summed E-state index contributed by atoms with van der Waals surface area (Å²) in [6.07, 6.45) is 4.12. The number of allylic oxidation sites excluding steroid dienone is 3. The minimum Gasteiger partial charge on any atom is -0.267 e. The second-order valence-corrected chi connectivity index (χ2v) is 2.48. The first-order valence-electron chi connectivity index (χ1n) is 3.48. The van der Waals surface area contributed by atoms with Gasteiger partial charge in [-0.2, -0.15) is 4.99 Å². The Morgan fingerprint density at radius 2 is 2.33 bits per heavy atom. The maximum atomic E-state index is 12.7. The molecule has 4 heteroatoms. The Hall–Kier alpha value is -1.58. The van der Waals surface area contributed by atoms with Crippen molar-refractivity contribution in [3.05, 3.63) is 23.6 Å². The van der Waals surface area contributed by atoms with E-state index in [4.69, 9.17) is 0 Å². The van der Waals surface area contributed by atoms with Gasteiger partial charge in [0.25, 0.3) is 5.91 Å². The standard InChI is InChI=1S/C8H5FN2O/c9-5-1-2-7-6(3-5)8(12)11-4-10-7/h1,3-4H,2H2. The van der Waals surface area contributed by atoms with E-state index in [2.05, 4.69) is 9.98 Å². The van der Waals surface area contributed by atoms with E-state index in [1.54, 1.807) is 0 Å². The fourth-order valence-electron chi connectivity index (χ4n) is 1.11. The van der Waals surface area contributed by atoms with Gasteiger partial charge in [0.1, 0.15) is 12.2 Å². The SMILES string of the molecule is O=C1N=CN=C2CC=C(F)C=C12. The van der Waals surface area contributed by atoms with Crippen molar-refractivity contribution in [1.29, 1.82) is 0 Å². The summed E-state index contributed by atoms with van der Waals surface area (Å²) in [6, 6.07) is 0.